The van der Waals surface area contributed by atoms with Crippen LogP contribution in [0.4, 0.5) is 0 Å². The number of rotatable bonds is 2. The Kier molecular flexibility index (Phi) is 3.66. The first-order valence-electron chi connectivity index (χ1n) is 9.23. The van der Waals surface area contributed by atoms with Crippen LogP contribution in [0.3, 0.4) is 0 Å². The summed E-state index contributed by atoms with van der Waals surface area (Å²) >= 11 is 0. The van der Waals surface area contributed by atoms with Crippen molar-refractivity contribution in [1.29, 1.82) is 0 Å². The second kappa shape index (κ2) is 5.54. The zero-order chi connectivity index (χ0) is 15.3. The van der Waals surface area contributed by atoms with Crippen molar-refractivity contribution in [2.24, 2.45) is 17.8 Å². The number of carbonyl (C=O) groups is 2. The predicted molar refractivity (Wildman–Crippen MR) is 84.1 cm³/mol. The highest BCUT2D eigenvalue weighted by Gasteiger charge is 2.48. The van der Waals surface area contributed by atoms with Gasteiger partial charge in [0.2, 0.25) is 11.8 Å². The zero-order valence-electron chi connectivity index (χ0n) is 13.7. The van der Waals surface area contributed by atoms with E-state index in [0.717, 1.165) is 31.2 Å². The van der Waals surface area contributed by atoms with Gasteiger partial charge in [0, 0.05) is 31.6 Å². The lowest BCUT2D eigenvalue weighted by Gasteiger charge is -2.35. The summed E-state index contributed by atoms with van der Waals surface area (Å²) < 4.78 is 0. The van der Waals surface area contributed by atoms with Crippen LogP contribution in [0.2, 0.25) is 0 Å². The third-order valence-corrected chi connectivity index (χ3v) is 6.69. The number of nitrogens with zero attached hydrogens (tertiary/aromatic N) is 2. The summed E-state index contributed by atoms with van der Waals surface area (Å²) in [5.41, 5.74) is 0. The van der Waals surface area contributed by atoms with Crippen molar-refractivity contribution >= 4 is 11.8 Å². The molecule has 0 aromatic rings. The van der Waals surface area contributed by atoms with E-state index in [1.807, 2.05) is 4.90 Å². The molecule has 2 aliphatic heterocycles. The van der Waals surface area contributed by atoms with Crippen molar-refractivity contribution in [1.82, 2.24) is 9.80 Å². The van der Waals surface area contributed by atoms with Gasteiger partial charge in [0.15, 0.2) is 0 Å². The summed E-state index contributed by atoms with van der Waals surface area (Å²) in [5, 5.41) is 0. The summed E-state index contributed by atoms with van der Waals surface area (Å²) in [6, 6.07) is 0.802. The van der Waals surface area contributed by atoms with E-state index < -0.39 is 0 Å². The predicted octanol–water partition coefficient (Wildman–Crippen LogP) is 2.42. The number of carbonyl (C=O) groups excluding carboxylic acids is 2. The molecular formula is C18H28N2O2. The molecule has 0 N–H and O–H groups in total. The Hall–Kier alpha value is -1.06. The van der Waals surface area contributed by atoms with E-state index in [9.17, 15) is 9.59 Å². The number of piperidine rings is 1. The summed E-state index contributed by atoms with van der Waals surface area (Å²) in [6.07, 6.45) is 9.07. The van der Waals surface area contributed by atoms with Gasteiger partial charge in [-0.05, 0) is 57.3 Å². The molecule has 2 saturated heterocycles. The maximum atomic E-state index is 12.8. The van der Waals surface area contributed by atoms with Crippen LogP contribution in [0.25, 0.3) is 0 Å². The molecule has 22 heavy (non-hydrogen) atoms. The average molecular weight is 304 g/mol. The number of likely N-dealkylation sites (tertiary alicyclic amines) is 2. The molecule has 2 aliphatic carbocycles. The minimum Gasteiger partial charge on any atom is -0.340 e. The van der Waals surface area contributed by atoms with Crippen molar-refractivity contribution in [2.45, 2.75) is 70.4 Å². The van der Waals surface area contributed by atoms with Crippen molar-refractivity contribution in [3.63, 3.8) is 0 Å². The fraction of sp³-hybridized carbons (Fsp3) is 0.889. The third-order valence-electron chi connectivity index (χ3n) is 6.69. The van der Waals surface area contributed by atoms with Crippen molar-refractivity contribution < 1.29 is 9.59 Å². The van der Waals surface area contributed by atoms with Gasteiger partial charge in [-0.15, -0.1) is 0 Å². The first-order valence-corrected chi connectivity index (χ1v) is 9.23. The van der Waals surface area contributed by atoms with E-state index in [0.29, 0.717) is 25.0 Å². The van der Waals surface area contributed by atoms with Gasteiger partial charge in [-0.3, -0.25) is 9.59 Å². The number of hydrogen-bond donors (Lipinski definition) is 0. The van der Waals surface area contributed by atoms with Crippen molar-refractivity contribution in [3.8, 4) is 0 Å². The monoisotopic (exact) mass is 304 g/mol. The second-order valence-corrected chi connectivity index (χ2v) is 8.07. The minimum atomic E-state index is -0.0767. The molecule has 0 radical (unpaired) electrons. The lowest BCUT2D eigenvalue weighted by atomic mass is 9.94. The van der Waals surface area contributed by atoms with Crippen molar-refractivity contribution in [3.05, 3.63) is 0 Å². The molecule has 0 spiro atoms. The first kappa shape index (κ1) is 14.5. The molecule has 4 fully saturated rings. The Bertz CT molecular complexity index is 478. The normalized spacial score (nSPS) is 41.5. The quantitative estimate of drug-likeness (QED) is 0.786. The Balaban J connectivity index is 1.42. The molecule has 2 saturated carbocycles. The van der Waals surface area contributed by atoms with E-state index in [1.54, 1.807) is 0 Å². The van der Waals surface area contributed by atoms with E-state index in [4.69, 9.17) is 0 Å². The summed E-state index contributed by atoms with van der Waals surface area (Å²) in [4.78, 5) is 29.4. The van der Waals surface area contributed by atoms with Crippen LogP contribution in [0, 0.1) is 17.8 Å². The highest BCUT2D eigenvalue weighted by molar-refractivity contribution is 5.89. The summed E-state index contributed by atoms with van der Waals surface area (Å²) in [5.74, 6) is 1.97. The van der Waals surface area contributed by atoms with Crippen LogP contribution >= 0.6 is 0 Å². The van der Waals surface area contributed by atoms with Crippen molar-refractivity contribution in [2.75, 3.05) is 13.1 Å². The van der Waals surface area contributed by atoms with E-state index >= 15 is 0 Å². The summed E-state index contributed by atoms with van der Waals surface area (Å²) in [6.45, 7) is 3.73. The van der Waals surface area contributed by atoms with Gasteiger partial charge in [-0.25, -0.2) is 0 Å². The van der Waals surface area contributed by atoms with Gasteiger partial charge in [0.1, 0.15) is 0 Å². The third kappa shape index (κ3) is 2.35. The number of amides is 2. The van der Waals surface area contributed by atoms with Crippen LogP contribution in [-0.2, 0) is 9.59 Å². The highest BCUT2D eigenvalue weighted by Crippen LogP contribution is 2.47. The average Bonchev–Trinajstić information content (AvgIpc) is 3.21. The molecule has 0 aromatic heterocycles. The maximum absolute atomic E-state index is 12.8. The highest BCUT2D eigenvalue weighted by atomic mass is 16.2. The second-order valence-electron chi connectivity index (χ2n) is 8.07. The first-order chi connectivity index (χ1) is 10.6. The smallest absolute Gasteiger partial charge is 0.228 e. The van der Waals surface area contributed by atoms with Gasteiger partial charge >= 0.3 is 0 Å². The van der Waals surface area contributed by atoms with Gasteiger partial charge in [-0.1, -0.05) is 6.42 Å². The Morgan fingerprint density at radius 1 is 1.14 bits per heavy atom. The molecular weight excluding hydrogens is 276 g/mol. The van der Waals surface area contributed by atoms with E-state index in [2.05, 4.69) is 11.8 Å². The standard InChI is InChI=1S/C18H28N2O2/c1-12-4-2-3-7-19(12)18(22)15-10-17(21)20(11-15)16-9-13-5-6-14(16)8-13/h12-16H,2-11H2,1H3. The molecule has 0 aromatic carbocycles. The van der Waals surface area contributed by atoms with Crippen LogP contribution in [-0.4, -0.2) is 46.8 Å². The Morgan fingerprint density at radius 2 is 2.00 bits per heavy atom. The van der Waals surface area contributed by atoms with E-state index in [1.165, 1.54) is 32.1 Å². The lowest BCUT2D eigenvalue weighted by Crippen LogP contribution is -2.46. The molecule has 4 heteroatoms. The molecule has 4 aliphatic rings. The largest absolute Gasteiger partial charge is 0.340 e. The van der Waals surface area contributed by atoms with Gasteiger partial charge < -0.3 is 9.80 Å². The molecule has 5 unspecified atom stereocenters. The fourth-order valence-corrected chi connectivity index (χ4v) is 5.47. The van der Waals surface area contributed by atoms with Gasteiger partial charge in [0.25, 0.3) is 0 Å². The van der Waals surface area contributed by atoms with Crippen LogP contribution in [0.5, 0.6) is 0 Å². The number of hydrogen-bond acceptors (Lipinski definition) is 2. The van der Waals surface area contributed by atoms with Crippen LogP contribution in [0.15, 0.2) is 0 Å². The molecule has 4 rings (SSSR count). The molecule has 2 heterocycles. The van der Waals surface area contributed by atoms with Gasteiger partial charge in [0.05, 0.1) is 5.92 Å². The fourth-order valence-electron chi connectivity index (χ4n) is 5.47. The summed E-state index contributed by atoms with van der Waals surface area (Å²) in [7, 11) is 0. The van der Waals surface area contributed by atoms with Crippen LogP contribution < -0.4 is 0 Å². The van der Waals surface area contributed by atoms with Gasteiger partial charge in [-0.2, -0.15) is 0 Å². The van der Waals surface area contributed by atoms with Crippen LogP contribution in [0.1, 0.15) is 58.3 Å². The molecule has 2 bridgehead atoms. The maximum Gasteiger partial charge on any atom is 0.228 e. The molecule has 122 valence electrons. The molecule has 4 nitrogen and oxygen atoms in total. The lowest BCUT2D eigenvalue weighted by molar-refractivity contribution is -0.139. The van der Waals surface area contributed by atoms with E-state index in [-0.39, 0.29) is 17.7 Å². The number of fused-ring (bicyclic) bond motifs is 2. The Morgan fingerprint density at radius 3 is 2.68 bits per heavy atom. The zero-order valence-corrected chi connectivity index (χ0v) is 13.7. The Labute approximate surface area is 133 Å². The molecule has 2 amide bonds. The SMILES string of the molecule is CC1CCCCN1C(=O)C1CC(=O)N(C2CC3CCC2C3)C1. The molecule has 5 atom stereocenters. The minimum absolute atomic E-state index is 0.0767. The topological polar surface area (TPSA) is 40.6 Å².